The third kappa shape index (κ3) is 4.07. The highest BCUT2D eigenvalue weighted by Crippen LogP contribution is 2.27. The Kier molecular flexibility index (Phi) is 5.01. The van der Waals surface area contributed by atoms with Crippen LogP contribution < -0.4 is 5.32 Å². The van der Waals surface area contributed by atoms with E-state index >= 15 is 0 Å². The topological polar surface area (TPSA) is 52.9 Å². The lowest BCUT2D eigenvalue weighted by molar-refractivity contribution is -0.122. The van der Waals surface area contributed by atoms with Crippen molar-refractivity contribution in [2.24, 2.45) is 0 Å². The monoisotopic (exact) mass is 284 g/mol. The second-order valence-corrected chi connectivity index (χ2v) is 6.23. The molecule has 0 atom stereocenters. The van der Waals surface area contributed by atoms with Crippen LogP contribution in [0.25, 0.3) is 0 Å². The Labute approximate surface area is 127 Å². The van der Waals surface area contributed by atoms with Gasteiger partial charge in [-0.3, -0.25) is 4.79 Å². The molecule has 0 heterocycles. The van der Waals surface area contributed by atoms with Crippen LogP contribution in [0.3, 0.4) is 0 Å². The van der Waals surface area contributed by atoms with Crippen LogP contribution in [0.4, 0.5) is 0 Å². The fourth-order valence-corrected chi connectivity index (χ4v) is 3.12. The van der Waals surface area contributed by atoms with Crippen LogP contribution in [-0.2, 0) is 11.2 Å². The lowest BCUT2D eigenvalue weighted by Gasteiger charge is -2.31. The van der Waals surface area contributed by atoms with Gasteiger partial charge in [0.15, 0.2) is 0 Å². The molecule has 112 valence electrons. The highest BCUT2D eigenvalue weighted by atomic mass is 16.1. The molecule has 0 aliphatic heterocycles. The fraction of sp³-hybridized carbons (Fsp3) is 0.556. The molecule has 1 aliphatic rings. The van der Waals surface area contributed by atoms with Crippen molar-refractivity contribution in [2.45, 2.75) is 64.3 Å². The van der Waals surface area contributed by atoms with Crippen LogP contribution in [-0.4, -0.2) is 11.4 Å². The van der Waals surface area contributed by atoms with Crippen LogP contribution >= 0.6 is 0 Å². The average Bonchev–Trinajstić information content (AvgIpc) is 2.47. The largest absolute Gasteiger partial charge is 0.338 e. The van der Waals surface area contributed by atoms with Gasteiger partial charge in [-0.05, 0) is 44.2 Å². The molecule has 0 aromatic heterocycles. The summed E-state index contributed by atoms with van der Waals surface area (Å²) >= 11 is 0. The van der Waals surface area contributed by atoms with Crippen molar-refractivity contribution >= 4 is 5.91 Å². The molecule has 1 aliphatic carbocycles. The molecule has 0 saturated heterocycles. The highest BCUT2D eigenvalue weighted by Gasteiger charge is 2.33. The number of nitriles is 1. The van der Waals surface area contributed by atoms with E-state index in [0.717, 1.165) is 32.1 Å². The van der Waals surface area contributed by atoms with Crippen molar-refractivity contribution in [1.82, 2.24) is 5.32 Å². The number of hydrogen-bond acceptors (Lipinski definition) is 2. The van der Waals surface area contributed by atoms with E-state index in [1.165, 1.54) is 23.1 Å². The van der Waals surface area contributed by atoms with Gasteiger partial charge in [-0.15, -0.1) is 0 Å². The summed E-state index contributed by atoms with van der Waals surface area (Å²) in [6.45, 7) is 4.15. The fourth-order valence-electron chi connectivity index (χ4n) is 3.12. The second-order valence-electron chi connectivity index (χ2n) is 6.23. The molecule has 1 fully saturated rings. The first-order valence-electron chi connectivity index (χ1n) is 7.83. The van der Waals surface area contributed by atoms with E-state index in [4.69, 9.17) is 0 Å². The van der Waals surface area contributed by atoms with Crippen molar-refractivity contribution in [3.63, 3.8) is 0 Å². The first-order valence-corrected chi connectivity index (χ1v) is 7.83. The number of benzene rings is 1. The summed E-state index contributed by atoms with van der Waals surface area (Å²) in [5.41, 5.74) is 3.07. The number of nitrogens with one attached hydrogen (secondary N) is 1. The molecule has 0 unspecified atom stereocenters. The summed E-state index contributed by atoms with van der Waals surface area (Å²) < 4.78 is 0. The summed E-state index contributed by atoms with van der Waals surface area (Å²) in [7, 11) is 0. The zero-order chi connectivity index (χ0) is 15.3. The van der Waals surface area contributed by atoms with Crippen molar-refractivity contribution in [1.29, 1.82) is 5.26 Å². The molecule has 2 rings (SSSR count). The number of nitrogens with zero attached hydrogens (tertiary/aromatic N) is 1. The Morgan fingerprint density at radius 1 is 1.29 bits per heavy atom. The summed E-state index contributed by atoms with van der Waals surface area (Å²) in [6.07, 6.45) is 6.00. The quantitative estimate of drug-likeness (QED) is 0.918. The van der Waals surface area contributed by atoms with E-state index in [0.29, 0.717) is 6.42 Å². The van der Waals surface area contributed by atoms with Gasteiger partial charge in [-0.25, -0.2) is 0 Å². The molecule has 1 N–H and O–H groups in total. The molecule has 1 aromatic rings. The number of carbonyl (C=O) groups is 1. The van der Waals surface area contributed by atoms with Crippen LogP contribution in [0.15, 0.2) is 18.2 Å². The van der Waals surface area contributed by atoms with Gasteiger partial charge in [0.05, 0.1) is 6.07 Å². The predicted molar refractivity (Wildman–Crippen MR) is 83.8 cm³/mol. The van der Waals surface area contributed by atoms with Crippen molar-refractivity contribution in [2.75, 3.05) is 0 Å². The first kappa shape index (κ1) is 15.6. The Balaban J connectivity index is 1.91. The van der Waals surface area contributed by atoms with E-state index in [-0.39, 0.29) is 5.91 Å². The number of hydrogen-bond donors (Lipinski definition) is 1. The van der Waals surface area contributed by atoms with Crippen LogP contribution in [0.5, 0.6) is 0 Å². The minimum atomic E-state index is -0.613. The van der Waals surface area contributed by atoms with E-state index in [1.54, 1.807) is 0 Å². The van der Waals surface area contributed by atoms with Crippen LogP contribution in [0, 0.1) is 25.2 Å². The normalized spacial score (nSPS) is 17.0. The number of aryl methyl sites for hydroxylation is 3. The van der Waals surface area contributed by atoms with E-state index in [9.17, 15) is 10.1 Å². The molecule has 21 heavy (non-hydrogen) atoms. The maximum absolute atomic E-state index is 12.2. The molecule has 0 radical (unpaired) electrons. The van der Waals surface area contributed by atoms with Crippen LogP contribution in [0.1, 0.15) is 55.2 Å². The third-order valence-corrected chi connectivity index (χ3v) is 4.42. The van der Waals surface area contributed by atoms with Crippen molar-refractivity contribution in [3.8, 4) is 6.07 Å². The van der Waals surface area contributed by atoms with Crippen molar-refractivity contribution in [3.05, 3.63) is 34.9 Å². The first-order chi connectivity index (χ1) is 10.0. The number of amides is 1. The van der Waals surface area contributed by atoms with E-state index < -0.39 is 5.54 Å². The van der Waals surface area contributed by atoms with Gasteiger partial charge in [0.25, 0.3) is 0 Å². The molecular formula is C18H24N2O. The van der Waals surface area contributed by atoms with Gasteiger partial charge in [0, 0.05) is 6.42 Å². The van der Waals surface area contributed by atoms with Gasteiger partial charge >= 0.3 is 0 Å². The maximum atomic E-state index is 12.2. The zero-order valence-corrected chi connectivity index (χ0v) is 13.0. The van der Waals surface area contributed by atoms with Gasteiger partial charge in [0.2, 0.25) is 5.91 Å². The van der Waals surface area contributed by atoms with Crippen LogP contribution in [0.2, 0.25) is 0 Å². The van der Waals surface area contributed by atoms with Crippen molar-refractivity contribution < 1.29 is 4.79 Å². The minimum Gasteiger partial charge on any atom is -0.338 e. The van der Waals surface area contributed by atoms with Gasteiger partial charge in [-0.1, -0.05) is 43.0 Å². The summed E-state index contributed by atoms with van der Waals surface area (Å²) in [4.78, 5) is 12.2. The lowest BCUT2D eigenvalue weighted by Crippen LogP contribution is -2.48. The average molecular weight is 284 g/mol. The van der Waals surface area contributed by atoms with Gasteiger partial charge < -0.3 is 5.32 Å². The summed E-state index contributed by atoms with van der Waals surface area (Å²) in [5, 5.41) is 12.4. The molecule has 1 aromatic carbocycles. The molecular weight excluding hydrogens is 260 g/mol. The third-order valence-electron chi connectivity index (χ3n) is 4.42. The smallest absolute Gasteiger partial charge is 0.221 e. The van der Waals surface area contributed by atoms with Gasteiger partial charge in [0.1, 0.15) is 5.54 Å². The molecule has 3 heteroatoms. The number of carbonyl (C=O) groups excluding carboxylic acids is 1. The van der Waals surface area contributed by atoms with E-state index in [2.05, 4.69) is 43.4 Å². The molecule has 3 nitrogen and oxygen atoms in total. The Hall–Kier alpha value is -1.82. The summed E-state index contributed by atoms with van der Waals surface area (Å²) in [6, 6.07) is 8.65. The maximum Gasteiger partial charge on any atom is 0.221 e. The Morgan fingerprint density at radius 3 is 2.62 bits per heavy atom. The highest BCUT2D eigenvalue weighted by molar-refractivity contribution is 5.77. The zero-order valence-electron chi connectivity index (χ0n) is 13.0. The standard InChI is InChI=1S/C18H24N2O/c1-14-6-7-16(15(2)12-14)8-9-17(21)20-18(13-19)10-4-3-5-11-18/h6-7,12H,3-5,8-11H2,1-2H3,(H,20,21). The minimum absolute atomic E-state index is 0.00146. The molecule has 1 amide bonds. The van der Waals surface area contributed by atoms with E-state index in [1.807, 2.05) is 0 Å². The molecule has 0 spiro atoms. The molecule has 0 bridgehead atoms. The lowest BCUT2D eigenvalue weighted by atomic mass is 9.82. The molecule has 1 saturated carbocycles. The van der Waals surface area contributed by atoms with Gasteiger partial charge in [-0.2, -0.15) is 5.26 Å². The summed E-state index contributed by atoms with van der Waals surface area (Å²) in [5.74, 6) is -0.00146. The Morgan fingerprint density at radius 2 is 2.00 bits per heavy atom. The number of rotatable bonds is 4. The predicted octanol–water partition coefficient (Wildman–Crippen LogP) is 3.58. The SMILES string of the molecule is Cc1ccc(CCC(=O)NC2(C#N)CCCCC2)c(C)c1. The Bertz CT molecular complexity index is 551. The second kappa shape index (κ2) is 6.76.